The Labute approximate surface area is 122 Å². The first-order valence-electron chi connectivity index (χ1n) is 7.14. The number of anilines is 1. The molecular formula is C15H20BrFN2. The van der Waals surface area contributed by atoms with Gasteiger partial charge in [-0.2, -0.15) is 0 Å². The van der Waals surface area contributed by atoms with Crippen molar-refractivity contribution in [2.75, 3.05) is 24.5 Å². The van der Waals surface area contributed by atoms with Crippen LogP contribution in [0, 0.1) is 5.82 Å². The third-order valence-corrected chi connectivity index (χ3v) is 5.10. The van der Waals surface area contributed by atoms with Gasteiger partial charge in [-0.15, -0.1) is 0 Å². The molecule has 0 radical (unpaired) electrons. The van der Waals surface area contributed by atoms with E-state index in [0.717, 1.165) is 25.3 Å². The molecule has 1 aliphatic heterocycles. The SMILES string of the molecule is Fc1cc(N2CCNC3(CCCCC3)C2)ccc1Br. The number of benzene rings is 1. The zero-order valence-corrected chi connectivity index (χ0v) is 12.7. The van der Waals surface area contributed by atoms with E-state index in [4.69, 9.17) is 0 Å². The van der Waals surface area contributed by atoms with Gasteiger partial charge in [0.25, 0.3) is 0 Å². The molecule has 1 aliphatic carbocycles. The first-order chi connectivity index (χ1) is 9.19. The Hall–Kier alpha value is -0.610. The molecule has 0 unspecified atom stereocenters. The molecule has 3 rings (SSSR count). The van der Waals surface area contributed by atoms with E-state index in [-0.39, 0.29) is 11.4 Å². The van der Waals surface area contributed by atoms with Crippen LogP contribution in [-0.4, -0.2) is 25.2 Å². The van der Waals surface area contributed by atoms with Crippen LogP contribution in [0.25, 0.3) is 0 Å². The summed E-state index contributed by atoms with van der Waals surface area (Å²) in [5, 5.41) is 3.72. The van der Waals surface area contributed by atoms with Gasteiger partial charge >= 0.3 is 0 Å². The van der Waals surface area contributed by atoms with Crippen molar-refractivity contribution in [1.82, 2.24) is 5.32 Å². The fourth-order valence-electron chi connectivity index (χ4n) is 3.42. The van der Waals surface area contributed by atoms with Crippen molar-refractivity contribution in [3.8, 4) is 0 Å². The van der Waals surface area contributed by atoms with Crippen molar-refractivity contribution >= 4 is 21.6 Å². The Morgan fingerprint density at radius 3 is 2.74 bits per heavy atom. The lowest BCUT2D eigenvalue weighted by Crippen LogP contribution is -2.61. The van der Waals surface area contributed by atoms with Crippen molar-refractivity contribution in [2.45, 2.75) is 37.6 Å². The van der Waals surface area contributed by atoms with Crippen LogP contribution in [0.1, 0.15) is 32.1 Å². The first kappa shape index (κ1) is 13.4. The molecule has 1 N–H and O–H groups in total. The van der Waals surface area contributed by atoms with E-state index in [1.165, 1.54) is 32.1 Å². The van der Waals surface area contributed by atoms with Gasteiger partial charge in [0.2, 0.25) is 0 Å². The Kier molecular flexibility index (Phi) is 3.81. The van der Waals surface area contributed by atoms with Gasteiger partial charge in [-0.25, -0.2) is 4.39 Å². The number of rotatable bonds is 1. The molecule has 1 saturated heterocycles. The molecule has 0 atom stereocenters. The zero-order chi connectivity index (χ0) is 13.3. The maximum atomic E-state index is 13.7. The van der Waals surface area contributed by atoms with E-state index >= 15 is 0 Å². The normalized spacial score (nSPS) is 22.7. The summed E-state index contributed by atoms with van der Waals surface area (Å²) in [6, 6.07) is 5.46. The van der Waals surface area contributed by atoms with E-state index < -0.39 is 0 Å². The lowest BCUT2D eigenvalue weighted by atomic mass is 9.80. The molecule has 2 aliphatic rings. The van der Waals surface area contributed by atoms with E-state index in [1.54, 1.807) is 12.1 Å². The molecule has 1 aromatic rings. The third kappa shape index (κ3) is 2.79. The summed E-state index contributed by atoms with van der Waals surface area (Å²) < 4.78 is 14.2. The molecule has 19 heavy (non-hydrogen) atoms. The minimum absolute atomic E-state index is 0.172. The second-order valence-electron chi connectivity index (χ2n) is 5.79. The highest BCUT2D eigenvalue weighted by Crippen LogP contribution is 2.33. The van der Waals surface area contributed by atoms with Crippen LogP contribution in [0.15, 0.2) is 22.7 Å². The lowest BCUT2D eigenvalue weighted by Gasteiger charge is -2.47. The maximum absolute atomic E-state index is 13.7. The first-order valence-corrected chi connectivity index (χ1v) is 7.93. The van der Waals surface area contributed by atoms with Crippen molar-refractivity contribution < 1.29 is 4.39 Å². The van der Waals surface area contributed by atoms with Crippen LogP contribution in [0.5, 0.6) is 0 Å². The molecule has 0 aromatic heterocycles. The molecule has 2 fully saturated rings. The van der Waals surface area contributed by atoms with Gasteiger partial charge in [0.15, 0.2) is 0 Å². The topological polar surface area (TPSA) is 15.3 Å². The van der Waals surface area contributed by atoms with Crippen LogP contribution in [0.2, 0.25) is 0 Å². The maximum Gasteiger partial charge on any atom is 0.139 e. The van der Waals surface area contributed by atoms with Gasteiger partial charge in [0, 0.05) is 30.9 Å². The largest absolute Gasteiger partial charge is 0.368 e. The average Bonchev–Trinajstić information content (AvgIpc) is 2.43. The van der Waals surface area contributed by atoms with E-state index in [0.29, 0.717) is 4.47 Å². The summed E-state index contributed by atoms with van der Waals surface area (Å²) in [6.07, 6.45) is 6.49. The lowest BCUT2D eigenvalue weighted by molar-refractivity contribution is 0.216. The van der Waals surface area contributed by atoms with Crippen LogP contribution >= 0.6 is 15.9 Å². The smallest absolute Gasteiger partial charge is 0.139 e. The Bertz CT molecular complexity index is 452. The summed E-state index contributed by atoms with van der Waals surface area (Å²) in [5.41, 5.74) is 1.27. The Morgan fingerprint density at radius 2 is 2.00 bits per heavy atom. The number of halogens is 2. The molecule has 1 saturated carbocycles. The van der Waals surface area contributed by atoms with Gasteiger partial charge in [0.1, 0.15) is 5.82 Å². The highest BCUT2D eigenvalue weighted by molar-refractivity contribution is 9.10. The van der Waals surface area contributed by atoms with Gasteiger partial charge in [-0.3, -0.25) is 0 Å². The van der Waals surface area contributed by atoms with Gasteiger partial charge < -0.3 is 10.2 Å². The van der Waals surface area contributed by atoms with Gasteiger partial charge in [-0.1, -0.05) is 19.3 Å². The number of nitrogens with one attached hydrogen (secondary N) is 1. The van der Waals surface area contributed by atoms with Crippen LogP contribution in [0.4, 0.5) is 10.1 Å². The monoisotopic (exact) mass is 326 g/mol. The molecular weight excluding hydrogens is 307 g/mol. The summed E-state index contributed by atoms with van der Waals surface area (Å²) in [4.78, 5) is 2.33. The van der Waals surface area contributed by atoms with Crippen molar-refractivity contribution in [3.05, 3.63) is 28.5 Å². The van der Waals surface area contributed by atoms with E-state index in [1.807, 2.05) is 6.07 Å². The highest BCUT2D eigenvalue weighted by atomic mass is 79.9. The Balaban J connectivity index is 1.78. The third-order valence-electron chi connectivity index (χ3n) is 4.45. The van der Waals surface area contributed by atoms with Gasteiger partial charge in [0.05, 0.1) is 4.47 Å². The van der Waals surface area contributed by atoms with Crippen LogP contribution in [0.3, 0.4) is 0 Å². The molecule has 1 heterocycles. The molecule has 104 valence electrons. The minimum Gasteiger partial charge on any atom is -0.368 e. The van der Waals surface area contributed by atoms with E-state index in [9.17, 15) is 4.39 Å². The summed E-state index contributed by atoms with van der Waals surface area (Å²) in [7, 11) is 0. The fourth-order valence-corrected chi connectivity index (χ4v) is 3.67. The number of piperazine rings is 1. The highest BCUT2D eigenvalue weighted by Gasteiger charge is 2.36. The molecule has 1 aromatic carbocycles. The summed E-state index contributed by atoms with van der Waals surface area (Å²) >= 11 is 3.22. The molecule has 2 nitrogen and oxygen atoms in total. The van der Waals surface area contributed by atoms with Crippen LogP contribution < -0.4 is 10.2 Å². The van der Waals surface area contributed by atoms with Crippen molar-refractivity contribution in [2.24, 2.45) is 0 Å². The zero-order valence-electron chi connectivity index (χ0n) is 11.1. The molecule has 1 spiro atoms. The molecule has 4 heteroatoms. The fraction of sp³-hybridized carbons (Fsp3) is 0.600. The summed E-state index contributed by atoms with van der Waals surface area (Å²) in [5.74, 6) is -0.172. The average molecular weight is 327 g/mol. The molecule has 0 bridgehead atoms. The van der Waals surface area contributed by atoms with Gasteiger partial charge in [-0.05, 0) is 47.0 Å². The predicted octanol–water partition coefficient (Wildman–Crippen LogP) is 3.70. The van der Waals surface area contributed by atoms with Crippen molar-refractivity contribution in [1.29, 1.82) is 0 Å². The summed E-state index contributed by atoms with van der Waals surface area (Å²) in [6.45, 7) is 2.97. The van der Waals surface area contributed by atoms with Crippen molar-refractivity contribution in [3.63, 3.8) is 0 Å². The van der Waals surface area contributed by atoms with E-state index in [2.05, 4.69) is 26.1 Å². The quantitative estimate of drug-likeness (QED) is 0.846. The second-order valence-corrected chi connectivity index (χ2v) is 6.64. The molecule has 0 amide bonds. The minimum atomic E-state index is -0.172. The predicted molar refractivity (Wildman–Crippen MR) is 80.1 cm³/mol. The second kappa shape index (κ2) is 5.41. The van der Waals surface area contributed by atoms with Crippen LogP contribution in [-0.2, 0) is 0 Å². The number of nitrogens with zero attached hydrogens (tertiary/aromatic N) is 1. The standard InChI is InChI=1S/C15H20BrFN2/c16-13-5-4-12(10-14(13)17)19-9-8-18-15(11-19)6-2-1-3-7-15/h4-5,10,18H,1-3,6-9,11H2. The number of hydrogen-bond donors (Lipinski definition) is 1. The number of hydrogen-bond acceptors (Lipinski definition) is 2. The Morgan fingerprint density at radius 1 is 1.21 bits per heavy atom.